The minimum Gasteiger partial charge on any atom is -0.368 e. The van der Waals surface area contributed by atoms with E-state index in [1.165, 1.54) is 16.4 Å². The van der Waals surface area contributed by atoms with E-state index in [0.29, 0.717) is 24.1 Å². The van der Waals surface area contributed by atoms with Gasteiger partial charge in [0.25, 0.3) is 5.82 Å². The number of hydrogen-bond donors (Lipinski definition) is 1. The number of rotatable bonds is 5. The number of halogens is 3. The summed E-state index contributed by atoms with van der Waals surface area (Å²) < 4.78 is 63.7. The topological polar surface area (TPSA) is 92.5 Å². The first-order valence-electron chi connectivity index (χ1n) is 7.22. The zero-order valence-corrected chi connectivity index (χ0v) is 13.5. The Labute approximate surface area is 135 Å². The Hall–Kier alpha value is -1.95. The van der Waals surface area contributed by atoms with E-state index in [9.17, 15) is 21.6 Å². The molecule has 0 aromatic carbocycles. The highest BCUT2D eigenvalue weighted by Gasteiger charge is 2.38. The molecule has 12 heteroatoms. The fourth-order valence-corrected chi connectivity index (χ4v) is 3.61. The molecule has 1 saturated heterocycles. The average molecular weight is 364 g/mol. The highest BCUT2D eigenvalue weighted by molar-refractivity contribution is 7.89. The molecule has 2 aromatic rings. The molecule has 0 aliphatic carbocycles. The summed E-state index contributed by atoms with van der Waals surface area (Å²) in [6.45, 7) is 2.78. The molecule has 1 aliphatic heterocycles. The number of nitrogens with zero attached hydrogens (tertiary/aromatic N) is 5. The Balaban J connectivity index is 1.65. The second-order valence-electron chi connectivity index (χ2n) is 5.47. The van der Waals surface area contributed by atoms with Gasteiger partial charge >= 0.3 is 6.18 Å². The number of anilines is 1. The number of fused-ring (bicyclic) bond motifs is 1. The molecule has 0 spiro atoms. The van der Waals surface area contributed by atoms with E-state index in [4.69, 9.17) is 0 Å². The van der Waals surface area contributed by atoms with Gasteiger partial charge in [0.05, 0.1) is 5.75 Å². The van der Waals surface area contributed by atoms with E-state index in [1.807, 2.05) is 0 Å². The van der Waals surface area contributed by atoms with Crippen LogP contribution in [0.25, 0.3) is 5.65 Å². The van der Waals surface area contributed by atoms with Crippen LogP contribution in [0.2, 0.25) is 0 Å². The van der Waals surface area contributed by atoms with E-state index in [0.717, 1.165) is 0 Å². The van der Waals surface area contributed by atoms with Crippen molar-refractivity contribution < 1.29 is 21.6 Å². The second-order valence-corrected chi connectivity index (χ2v) is 7.73. The number of nitrogens with one attached hydrogen (secondary N) is 1. The standard InChI is InChI=1S/C12H15F3N6O2S/c1-2-24(22,23)20-6-8(7-20)5-16-9-3-4-10-17-18-11(12(13,14)15)21(10)19-9/h3-4,8H,2,5-7H2,1H3,(H,16,19). The van der Waals surface area contributed by atoms with Crippen LogP contribution in [0.1, 0.15) is 12.7 Å². The molecule has 2 aromatic heterocycles. The summed E-state index contributed by atoms with van der Waals surface area (Å²) in [5.41, 5.74) is -0.00302. The van der Waals surface area contributed by atoms with Crippen molar-refractivity contribution in [2.24, 2.45) is 5.92 Å². The van der Waals surface area contributed by atoms with Gasteiger partial charge < -0.3 is 5.32 Å². The minimum absolute atomic E-state index is 0.00302. The summed E-state index contributed by atoms with van der Waals surface area (Å²) in [5, 5.41) is 13.3. The smallest absolute Gasteiger partial charge is 0.368 e. The van der Waals surface area contributed by atoms with Crippen molar-refractivity contribution in [1.29, 1.82) is 0 Å². The molecule has 24 heavy (non-hydrogen) atoms. The maximum Gasteiger partial charge on any atom is 0.453 e. The number of aromatic nitrogens is 4. The van der Waals surface area contributed by atoms with E-state index in [-0.39, 0.29) is 23.1 Å². The van der Waals surface area contributed by atoms with E-state index in [1.54, 1.807) is 6.92 Å². The van der Waals surface area contributed by atoms with Crippen molar-refractivity contribution in [1.82, 2.24) is 24.1 Å². The number of hydrogen-bond acceptors (Lipinski definition) is 6. The summed E-state index contributed by atoms with van der Waals surface area (Å²) in [7, 11) is -3.18. The summed E-state index contributed by atoms with van der Waals surface area (Å²) in [5.74, 6) is -0.805. The summed E-state index contributed by atoms with van der Waals surface area (Å²) in [6, 6.07) is 2.88. The van der Waals surface area contributed by atoms with Crippen LogP contribution in [0.15, 0.2) is 12.1 Å². The van der Waals surface area contributed by atoms with Crippen molar-refractivity contribution in [2.45, 2.75) is 13.1 Å². The van der Waals surface area contributed by atoms with Crippen molar-refractivity contribution in [3.05, 3.63) is 18.0 Å². The predicted molar refractivity (Wildman–Crippen MR) is 78.8 cm³/mol. The molecular weight excluding hydrogens is 349 g/mol. The van der Waals surface area contributed by atoms with Crippen LogP contribution in [-0.2, 0) is 16.2 Å². The largest absolute Gasteiger partial charge is 0.453 e. The van der Waals surface area contributed by atoms with Gasteiger partial charge in [-0.2, -0.15) is 17.7 Å². The molecule has 1 aliphatic rings. The Morgan fingerprint density at radius 2 is 2.00 bits per heavy atom. The third-order valence-electron chi connectivity index (χ3n) is 3.77. The van der Waals surface area contributed by atoms with E-state index in [2.05, 4.69) is 20.6 Å². The SMILES string of the molecule is CCS(=O)(=O)N1CC(CNc2ccc3nnc(C(F)(F)F)n3n2)C1. The molecule has 0 unspecified atom stereocenters. The van der Waals surface area contributed by atoms with Gasteiger partial charge in [0.15, 0.2) is 5.65 Å². The van der Waals surface area contributed by atoms with Gasteiger partial charge in [0.1, 0.15) is 5.82 Å². The first-order chi connectivity index (χ1) is 11.2. The second kappa shape index (κ2) is 5.84. The van der Waals surface area contributed by atoms with Crippen LogP contribution in [0, 0.1) is 5.92 Å². The Morgan fingerprint density at radius 1 is 1.29 bits per heavy atom. The van der Waals surface area contributed by atoms with Gasteiger partial charge in [0.2, 0.25) is 10.0 Å². The highest BCUT2D eigenvalue weighted by Crippen LogP contribution is 2.27. The highest BCUT2D eigenvalue weighted by atomic mass is 32.2. The Bertz CT molecular complexity index is 844. The first-order valence-corrected chi connectivity index (χ1v) is 8.83. The van der Waals surface area contributed by atoms with Gasteiger partial charge in [-0.25, -0.2) is 12.7 Å². The lowest BCUT2D eigenvalue weighted by atomic mass is 10.0. The lowest BCUT2D eigenvalue weighted by molar-refractivity contribution is -0.146. The molecule has 0 atom stereocenters. The summed E-state index contributed by atoms with van der Waals surface area (Å²) >= 11 is 0. The van der Waals surface area contributed by atoms with Gasteiger partial charge in [0, 0.05) is 25.6 Å². The minimum atomic E-state index is -4.64. The molecule has 3 rings (SSSR count). The molecule has 132 valence electrons. The van der Waals surface area contributed by atoms with Gasteiger partial charge in [-0.1, -0.05) is 0 Å². The fraction of sp³-hybridized carbons (Fsp3) is 0.583. The maximum absolute atomic E-state index is 12.8. The molecule has 0 bridgehead atoms. The Kier molecular flexibility index (Phi) is 4.11. The zero-order chi connectivity index (χ0) is 17.5. The van der Waals surface area contributed by atoms with Crippen LogP contribution < -0.4 is 5.32 Å². The lowest BCUT2D eigenvalue weighted by Crippen LogP contribution is -2.52. The predicted octanol–water partition coefficient (Wildman–Crippen LogP) is 0.836. The third kappa shape index (κ3) is 3.15. The molecule has 3 heterocycles. The fourth-order valence-electron chi connectivity index (χ4n) is 2.37. The molecule has 0 saturated carbocycles. The average Bonchev–Trinajstić information content (AvgIpc) is 2.88. The quantitative estimate of drug-likeness (QED) is 0.845. The van der Waals surface area contributed by atoms with Crippen LogP contribution in [0.5, 0.6) is 0 Å². The van der Waals surface area contributed by atoms with Crippen LogP contribution in [-0.4, -0.2) is 57.9 Å². The maximum atomic E-state index is 12.8. The Morgan fingerprint density at radius 3 is 2.62 bits per heavy atom. The third-order valence-corrected chi connectivity index (χ3v) is 5.58. The van der Waals surface area contributed by atoms with Crippen molar-refractivity contribution in [2.75, 3.05) is 30.7 Å². The van der Waals surface area contributed by atoms with Crippen LogP contribution >= 0.6 is 0 Å². The van der Waals surface area contributed by atoms with Crippen molar-refractivity contribution in [3.63, 3.8) is 0 Å². The lowest BCUT2D eigenvalue weighted by Gasteiger charge is -2.37. The zero-order valence-electron chi connectivity index (χ0n) is 12.7. The molecule has 8 nitrogen and oxygen atoms in total. The molecule has 0 radical (unpaired) electrons. The molecular formula is C12H15F3N6O2S. The van der Waals surface area contributed by atoms with Crippen molar-refractivity contribution in [3.8, 4) is 0 Å². The first kappa shape index (κ1) is 16.9. The molecule has 1 N–H and O–H groups in total. The monoisotopic (exact) mass is 364 g/mol. The normalized spacial score (nSPS) is 17.2. The van der Waals surface area contributed by atoms with Gasteiger partial charge in [-0.15, -0.1) is 15.3 Å². The number of sulfonamides is 1. The van der Waals surface area contributed by atoms with Crippen LogP contribution in [0.3, 0.4) is 0 Å². The number of alkyl halides is 3. The van der Waals surface area contributed by atoms with E-state index < -0.39 is 22.0 Å². The van der Waals surface area contributed by atoms with Gasteiger partial charge in [-0.3, -0.25) is 0 Å². The van der Waals surface area contributed by atoms with Crippen LogP contribution in [0.4, 0.5) is 19.0 Å². The van der Waals surface area contributed by atoms with Gasteiger partial charge in [-0.05, 0) is 19.1 Å². The summed E-state index contributed by atoms with van der Waals surface area (Å²) in [6.07, 6.45) is -4.64. The summed E-state index contributed by atoms with van der Waals surface area (Å²) in [4.78, 5) is 0. The van der Waals surface area contributed by atoms with Crippen molar-refractivity contribution >= 4 is 21.5 Å². The molecule has 1 fully saturated rings. The molecule has 0 amide bonds. The van der Waals surface area contributed by atoms with E-state index >= 15 is 0 Å².